The standard InChI is InChI=1S/C20H18N4O3/c1-13(25)14-6-5-7-15(10-14)23-19-11-17(21-12-22-19)20(26)24-16-8-3-4-9-18(16)27-2/h3-12H,1-2H3,(H,24,26)(H,21,22,23). The van der Waals surface area contributed by atoms with Crippen LogP contribution in [0.4, 0.5) is 17.2 Å². The van der Waals surface area contributed by atoms with Crippen LogP contribution in [0.15, 0.2) is 60.9 Å². The van der Waals surface area contributed by atoms with Gasteiger partial charge in [-0.1, -0.05) is 24.3 Å². The zero-order valence-electron chi connectivity index (χ0n) is 14.9. The third-order valence-corrected chi connectivity index (χ3v) is 3.80. The molecule has 0 saturated carbocycles. The summed E-state index contributed by atoms with van der Waals surface area (Å²) >= 11 is 0. The molecule has 0 aliphatic carbocycles. The summed E-state index contributed by atoms with van der Waals surface area (Å²) in [7, 11) is 1.53. The fourth-order valence-corrected chi connectivity index (χ4v) is 2.45. The van der Waals surface area contributed by atoms with Crippen molar-refractivity contribution in [1.29, 1.82) is 0 Å². The van der Waals surface area contributed by atoms with E-state index < -0.39 is 0 Å². The van der Waals surface area contributed by atoms with Gasteiger partial charge in [0, 0.05) is 17.3 Å². The Morgan fingerprint density at radius 3 is 2.59 bits per heavy atom. The number of nitrogens with one attached hydrogen (secondary N) is 2. The van der Waals surface area contributed by atoms with Gasteiger partial charge >= 0.3 is 0 Å². The van der Waals surface area contributed by atoms with Gasteiger partial charge < -0.3 is 15.4 Å². The van der Waals surface area contributed by atoms with Crippen LogP contribution in [0, 0.1) is 0 Å². The van der Waals surface area contributed by atoms with E-state index in [1.54, 1.807) is 36.4 Å². The predicted octanol–water partition coefficient (Wildman–Crippen LogP) is 3.68. The van der Waals surface area contributed by atoms with Crippen LogP contribution < -0.4 is 15.4 Å². The second-order valence-corrected chi connectivity index (χ2v) is 5.70. The van der Waals surface area contributed by atoms with E-state index in [4.69, 9.17) is 4.74 Å². The number of carbonyl (C=O) groups is 2. The van der Waals surface area contributed by atoms with Crippen LogP contribution in [0.1, 0.15) is 27.8 Å². The highest BCUT2D eigenvalue weighted by Gasteiger charge is 2.12. The first-order valence-corrected chi connectivity index (χ1v) is 8.21. The van der Waals surface area contributed by atoms with Crippen molar-refractivity contribution in [1.82, 2.24) is 9.97 Å². The molecular weight excluding hydrogens is 344 g/mol. The Hall–Kier alpha value is -3.74. The summed E-state index contributed by atoms with van der Waals surface area (Å²) in [6.07, 6.45) is 1.30. The highest BCUT2D eigenvalue weighted by Crippen LogP contribution is 2.24. The fourth-order valence-electron chi connectivity index (χ4n) is 2.45. The fraction of sp³-hybridized carbons (Fsp3) is 0.100. The van der Waals surface area contributed by atoms with Crippen LogP contribution in [-0.2, 0) is 0 Å². The number of Topliss-reactive ketones (excluding diaryl/α,β-unsaturated/α-hetero) is 1. The van der Waals surface area contributed by atoms with Gasteiger partial charge in [-0.2, -0.15) is 0 Å². The highest BCUT2D eigenvalue weighted by atomic mass is 16.5. The summed E-state index contributed by atoms with van der Waals surface area (Å²) in [5, 5.41) is 5.84. The summed E-state index contributed by atoms with van der Waals surface area (Å²) in [5.41, 5.74) is 2.02. The van der Waals surface area contributed by atoms with Crippen molar-refractivity contribution in [2.24, 2.45) is 0 Å². The Labute approximate surface area is 156 Å². The van der Waals surface area contributed by atoms with E-state index >= 15 is 0 Å². The maximum absolute atomic E-state index is 12.5. The van der Waals surface area contributed by atoms with Gasteiger partial charge in [-0.05, 0) is 31.2 Å². The van der Waals surface area contributed by atoms with Gasteiger partial charge in [0.15, 0.2) is 5.78 Å². The number of ether oxygens (including phenoxy) is 1. The number of benzene rings is 2. The molecule has 2 aromatic carbocycles. The maximum atomic E-state index is 12.5. The van der Waals surface area contributed by atoms with Crippen molar-refractivity contribution in [3.05, 3.63) is 72.2 Å². The van der Waals surface area contributed by atoms with E-state index in [2.05, 4.69) is 20.6 Å². The largest absolute Gasteiger partial charge is 0.495 e. The van der Waals surface area contributed by atoms with E-state index in [0.29, 0.717) is 28.5 Å². The minimum Gasteiger partial charge on any atom is -0.495 e. The summed E-state index contributed by atoms with van der Waals surface area (Å²) in [6.45, 7) is 1.50. The molecule has 7 nitrogen and oxygen atoms in total. The van der Waals surface area contributed by atoms with Crippen LogP contribution in [0.5, 0.6) is 5.75 Å². The second-order valence-electron chi connectivity index (χ2n) is 5.70. The zero-order chi connectivity index (χ0) is 19.2. The van der Waals surface area contributed by atoms with Crippen molar-refractivity contribution in [3.8, 4) is 5.75 Å². The molecule has 0 unspecified atom stereocenters. The maximum Gasteiger partial charge on any atom is 0.274 e. The normalized spacial score (nSPS) is 10.1. The number of para-hydroxylation sites is 2. The average molecular weight is 362 g/mol. The molecule has 0 fully saturated rings. The zero-order valence-corrected chi connectivity index (χ0v) is 14.9. The SMILES string of the molecule is COc1ccccc1NC(=O)c1cc(Nc2cccc(C(C)=O)c2)ncn1. The topological polar surface area (TPSA) is 93.2 Å². The number of rotatable bonds is 6. The lowest BCUT2D eigenvalue weighted by molar-refractivity contribution is 0.101. The Morgan fingerprint density at radius 1 is 1.00 bits per heavy atom. The number of anilines is 3. The average Bonchev–Trinajstić information content (AvgIpc) is 2.69. The molecule has 136 valence electrons. The number of hydrogen-bond donors (Lipinski definition) is 2. The molecule has 0 spiro atoms. The number of carbonyl (C=O) groups excluding carboxylic acids is 2. The predicted molar refractivity (Wildman–Crippen MR) is 103 cm³/mol. The van der Waals surface area contributed by atoms with Crippen molar-refractivity contribution in [2.45, 2.75) is 6.92 Å². The molecule has 0 aliphatic heterocycles. The van der Waals surface area contributed by atoms with Crippen molar-refractivity contribution < 1.29 is 14.3 Å². The molecule has 0 bridgehead atoms. The minimum absolute atomic E-state index is 0.0294. The molecule has 0 saturated heterocycles. The van der Waals surface area contributed by atoms with Crippen molar-refractivity contribution in [2.75, 3.05) is 17.7 Å². The van der Waals surface area contributed by atoms with Gasteiger partial charge in [0.1, 0.15) is 23.6 Å². The molecule has 3 aromatic rings. The lowest BCUT2D eigenvalue weighted by atomic mass is 10.1. The van der Waals surface area contributed by atoms with Gasteiger partial charge in [0.05, 0.1) is 12.8 Å². The Kier molecular flexibility index (Phi) is 5.41. The smallest absolute Gasteiger partial charge is 0.274 e. The van der Waals surface area contributed by atoms with Crippen LogP contribution in [0.3, 0.4) is 0 Å². The van der Waals surface area contributed by atoms with Gasteiger partial charge in [-0.15, -0.1) is 0 Å². The lowest BCUT2D eigenvalue weighted by Crippen LogP contribution is -2.15. The van der Waals surface area contributed by atoms with Crippen LogP contribution in [0.25, 0.3) is 0 Å². The van der Waals surface area contributed by atoms with E-state index in [9.17, 15) is 9.59 Å². The molecule has 1 heterocycles. The Bertz CT molecular complexity index is 988. The van der Waals surface area contributed by atoms with E-state index in [0.717, 1.165) is 0 Å². The van der Waals surface area contributed by atoms with E-state index in [1.165, 1.54) is 26.4 Å². The number of aromatic nitrogens is 2. The van der Waals surface area contributed by atoms with Crippen LogP contribution in [-0.4, -0.2) is 28.8 Å². The molecule has 0 atom stereocenters. The molecular formula is C20H18N4O3. The third kappa shape index (κ3) is 4.46. The third-order valence-electron chi connectivity index (χ3n) is 3.80. The van der Waals surface area contributed by atoms with Crippen molar-refractivity contribution >= 4 is 28.9 Å². The molecule has 0 aliphatic rings. The number of amides is 1. The van der Waals surface area contributed by atoms with E-state index in [-0.39, 0.29) is 17.4 Å². The monoisotopic (exact) mass is 362 g/mol. The second kappa shape index (κ2) is 8.09. The van der Waals surface area contributed by atoms with Gasteiger partial charge in [-0.25, -0.2) is 9.97 Å². The molecule has 3 rings (SSSR count). The molecule has 0 radical (unpaired) electrons. The summed E-state index contributed by atoms with van der Waals surface area (Å²) < 4.78 is 5.23. The first-order chi connectivity index (χ1) is 13.1. The molecule has 1 amide bonds. The van der Waals surface area contributed by atoms with Gasteiger partial charge in [-0.3, -0.25) is 9.59 Å². The summed E-state index contributed by atoms with van der Waals surface area (Å²) in [5.74, 6) is 0.579. The number of hydrogen-bond acceptors (Lipinski definition) is 6. The number of nitrogens with zero attached hydrogens (tertiary/aromatic N) is 2. The van der Waals surface area contributed by atoms with E-state index in [1.807, 2.05) is 12.1 Å². The Morgan fingerprint density at radius 2 is 1.81 bits per heavy atom. The Balaban J connectivity index is 1.78. The van der Waals surface area contributed by atoms with Crippen molar-refractivity contribution in [3.63, 3.8) is 0 Å². The highest BCUT2D eigenvalue weighted by molar-refractivity contribution is 6.04. The summed E-state index contributed by atoms with van der Waals surface area (Å²) in [6, 6.07) is 15.7. The quantitative estimate of drug-likeness (QED) is 0.650. The van der Waals surface area contributed by atoms with Gasteiger partial charge in [0.2, 0.25) is 0 Å². The molecule has 2 N–H and O–H groups in total. The lowest BCUT2D eigenvalue weighted by Gasteiger charge is -2.10. The first-order valence-electron chi connectivity index (χ1n) is 8.21. The number of ketones is 1. The molecule has 1 aromatic heterocycles. The first kappa shape index (κ1) is 18.1. The van der Waals surface area contributed by atoms with Gasteiger partial charge in [0.25, 0.3) is 5.91 Å². The number of methoxy groups -OCH3 is 1. The summed E-state index contributed by atoms with van der Waals surface area (Å²) in [4.78, 5) is 32.1. The molecule has 27 heavy (non-hydrogen) atoms. The molecule has 7 heteroatoms. The minimum atomic E-state index is -0.387. The van der Waals surface area contributed by atoms with Crippen LogP contribution >= 0.6 is 0 Å². The van der Waals surface area contributed by atoms with Crippen LogP contribution in [0.2, 0.25) is 0 Å².